The van der Waals surface area contributed by atoms with Crippen molar-refractivity contribution in [2.45, 2.75) is 0 Å². The first-order valence-electron chi connectivity index (χ1n) is 2.99. The van der Waals surface area contributed by atoms with Crippen molar-refractivity contribution in [3.05, 3.63) is 37.5 Å². The Kier molecular flexibility index (Phi) is 5.06. The van der Waals surface area contributed by atoms with Crippen LogP contribution in [0.3, 0.4) is 0 Å². The van der Waals surface area contributed by atoms with Crippen molar-refractivity contribution in [2.24, 2.45) is 0 Å². The Labute approximate surface area is 60.9 Å². The standard InChI is InChI=1S/C8H11NO/c1-3-5-6-7-9-8(10)4-2/h3-6H,1-2,7H2,(H,9,10)/b6-5+. The average molecular weight is 137 g/mol. The first-order chi connectivity index (χ1) is 4.81. The molecular formula is C8H11NO. The van der Waals surface area contributed by atoms with E-state index in [9.17, 15) is 4.79 Å². The molecule has 0 aromatic rings. The summed E-state index contributed by atoms with van der Waals surface area (Å²) in [5, 5.41) is 2.58. The molecule has 10 heavy (non-hydrogen) atoms. The predicted octanol–water partition coefficient (Wildman–Crippen LogP) is 1.03. The highest BCUT2D eigenvalue weighted by Crippen LogP contribution is 1.71. The Morgan fingerprint density at radius 1 is 1.50 bits per heavy atom. The maximum atomic E-state index is 10.5. The van der Waals surface area contributed by atoms with Crippen molar-refractivity contribution in [2.75, 3.05) is 6.54 Å². The van der Waals surface area contributed by atoms with Crippen LogP contribution in [-0.4, -0.2) is 12.5 Å². The minimum absolute atomic E-state index is 0.159. The van der Waals surface area contributed by atoms with Crippen molar-refractivity contribution < 1.29 is 4.79 Å². The van der Waals surface area contributed by atoms with E-state index in [4.69, 9.17) is 0 Å². The molecule has 54 valence electrons. The van der Waals surface area contributed by atoms with Crippen LogP contribution in [0.15, 0.2) is 37.5 Å². The van der Waals surface area contributed by atoms with Crippen LogP contribution in [0.25, 0.3) is 0 Å². The topological polar surface area (TPSA) is 29.1 Å². The zero-order valence-corrected chi connectivity index (χ0v) is 5.84. The lowest BCUT2D eigenvalue weighted by Gasteiger charge is -1.93. The van der Waals surface area contributed by atoms with Crippen LogP contribution in [0.4, 0.5) is 0 Å². The van der Waals surface area contributed by atoms with Crippen LogP contribution >= 0.6 is 0 Å². The van der Waals surface area contributed by atoms with Gasteiger partial charge in [-0.2, -0.15) is 0 Å². The molecule has 0 aromatic heterocycles. The summed E-state index contributed by atoms with van der Waals surface area (Å²) >= 11 is 0. The molecule has 0 aliphatic carbocycles. The number of carbonyl (C=O) groups is 1. The number of allylic oxidation sites excluding steroid dienone is 2. The molecule has 1 amide bonds. The second kappa shape index (κ2) is 5.82. The molecule has 0 heterocycles. The van der Waals surface area contributed by atoms with Crippen molar-refractivity contribution in [3.63, 3.8) is 0 Å². The Hall–Kier alpha value is -1.31. The van der Waals surface area contributed by atoms with E-state index < -0.39 is 0 Å². The molecular weight excluding hydrogens is 126 g/mol. The molecule has 0 spiro atoms. The molecule has 0 saturated heterocycles. The van der Waals surface area contributed by atoms with E-state index in [1.807, 2.05) is 0 Å². The van der Waals surface area contributed by atoms with Gasteiger partial charge in [-0.3, -0.25) is 4.79 Å². The quantitative estimate of drug-likeness (QED) is 0.455. The lowest BCUT2D eigenvalue weighted by atomic mass is 10.4. The zero-order chi connectivity index (χ0) is 7.82. The lowest BCUT2D eigenvalue weighted by Crippen LogP contribution is -2.20. The fraction of sp³-hybridized carbons (Fsp3) is 0.125. The molecule has 0 rings (SSSR count). The molecule has 0 atom stereocenters. The summed E-state index contributed by atoms with van der Waals surface area (Å²) in [6.07, 6.45) is 6.46. The number of nitrogens with one attached hydrogen (secondary N) is 1. The third kappa shape index (κ3) is 4.84. The Bertz CT molecular complexity index is 159. The van der Waals surface area contributed by atoms with Crippen molar-refractivity contribution in [1.82, 2.24) is 5.32 Å². The molecule has 0 bridgehead atoms. The third-order valence-corrected chi connectivity index (χ3v) is 0.852. The average Bonchev–Trinajstić information content (AvgIpc) is 1.98. The first kappa shape index (κ1) is 8.69. The number of rotatable bonds is 4. The van der Waals surface area contributed by atoms with Crippen LogP contribution in [0, 0.1) is 0 Å². The molecule has 0 radical (unpaired) electrons. The molecule has 0 aliphatic heterocycles. The summed E-state index contributed by atoms with van der Waals surface area (Å²) in [5.41, 5.74) is 0. The van der Waals surface area contributed by atoms with Crippen LogP contribution in [0.2, 0.25) is 0 Å². The highest BCUT2D eigenvalue weighted by molar-refractivity contribution is 5.86. The Morgan fingerprint density at radius 3 is 2.70 bits per heavy atom. The van der Waals surface area contributed by atoms with E-state index in [1.165, 1.54) is 6.08 Å². The molecule has 0 saturated carbocycles. The smallest absolute Gasteiger partial charge is 0.243 e. The molecule has 1 N–H and O–H groups in total. The predicted molar refractivity (Wildman–Crippen MR) is 42.5 cm³/mol. The van der Waals surface area contributed by atoms with Gasteiger partial charge >= 0.3 is 0 Å². The highest BCUT2D eigenvalue weighted by Gasteiger charge is 1.85. The minimum Gasteiger partial charge on any atom is -0.349 e. The van der Waals surface area contributed by atoms with Crippen molar-refractivity contribution in [3.8, 4) is 0 Å². The van der Waals surface area contributed by atoms with E-state index in [0.29, 0.717) is 6.54 Å². The zero-order valence-electron chi connectivity index (χ0n) is 5.84. The summed E-state index contributed by atoms with van der Waals surface area (Å²) in [5.74, 6) is -0.159. The fourth-order valence-electron chi connectivity index (χ4n) is 0.396. The maximum Gasteiger partial charge on any atom is 0.243 e. The van der Waals surface area contributed by atoms with E-state index in [1.54, 1.807) is 18.2 Å². The van der Waals surface area contributed by atoms with Gasteiger partial charge in [0, 0.05) is 6.54 Å². The normalized spacial score (nSPS) is 9.20. The Morgan fingerprint density at radius 2 is 2.20 bits per heavy atom. The monoisotopic (exact) mass is 137 g/mol. The van der Waals surface area contributed by atoms with Crippen molar-refractivity contribution >= 4 is 5.91 Å². The minimum atomic E-state index is -0.159. The summed E-state index contributed by atoms with van der Waals surface area (Å²) in [7, 11) is 0. The van der Waals surface area contributed by atoms with Crippen LogP contribution < -0.4 is 5.32 Å². The SMILES string of the molecule is C=C/C=C/CNC(=O)C=C. The van der Waals surface area contributed by atoms with Gasteiger partial charge < -0.3 is 5.32 Å². The molecule has 2 heteroatoms. The molecule has 0 aromatic carbocycles. The molecule has 0 aliphatic rings. The van der Waals surface area contributed by atoms with E-state index in [0.717, 1.165) is 0 Å². The number of hydrogen-bond donors (Lipinski definition) is 1. The van der Waals surface area contributed by atoms with Gasteiger partial charge in [0.15, 0.2) is 0 Å². The fourth-order valence-corrected chi connectivity index (χ4v) is 0.396. The van der Waals surface area contributed by atoms with E-state index in [-0.39, 0.29) is 5.91 Å². The van der Waals surface area contributed by atoms with Gasteiger partial charge in [0.2, 0.25) is 5.91 Å². The summed E-state index contributed by atoms with van der Waals surface area (Å²) in [6, 6.07) is 0. The number of carbonyl (C=O) groups excluding carboxylic acids is 1. The van der Waals surface area contributed by atoms with Gasteiger partial charge in [0.1, 0.15) is 0 Å². The van der Waals surface area contributed by atoms with Gasteiger partial charge in [0.05, 0.1) is 0 Å². The maximum absolute atomic E-state index is 10.5. The van der Waals surface area contributed by atoms with E-state index in [2.05, 4.69) is 18.5 Å². The second-order valence-corrected chi connectivity index (χ2v) is 1.61. The largest absolute Gasteiger partial charge is 0.349 e. The Balaban J connectivity index is 3.36. The van der Waals surface area contributed by atoms with Crippen LogP contribution in [0.5, 0.6) is 0 Å². The second-order valence-electron chi connectivity index (χ2n) is 1.61. The summed E-state index contributed by atoms with van der Waals surface area (Å²) in [4.78, 5) is 10.5. The van der Waals surface area contributed by atoms with Gasteiger partial charge in [0.25, 0.3) is 0 Å². The van der Waals surface area contributed by atoms with Gasteiger partial charge in [-0.25, -0.2) is 0 Å². The first-order valence-corrected chi connectivity index (χ1v) is 2.99. The number of hydrogen-bond acceptors (Lipinski definition) is 1. The number of amides is 1. The van der Waals surface area contributed by atoms with Crippen LogP contribution in [-0.2, 0) is 4.79 Å². The van der Waals surface area contributed by atoms with Gasteiger partial charge in [-0.15, -0.1) is 0 Å². The van der Waals surface area contributed by atoms with Gasteiger partial charge in [-0.1, -0.05) is 31.4 Å². The molecule has 2 nitrogen and oxygen atoms in total. The third-order valence-electron chi connectivity index (χ3n) is 0.852. The van der Waals surface area contributed by atoms with Crippen LogP contribution in [0.1, 0.15) is 0 Å². The highest BCUT2D eigenvalue weighted by atomic mass is 16.1. The summed E-state index contributed by atoms with van der Waals surface area (Å²) in [6.45, 7) is 7.31. The van der Waals surface area contributed by atoms with E-state index >= 15 is 0 Å². The molecule has 0 fully saturated rings. The molecule has 0 unspecified atom stereocenters. The van der Waals surface area contributed by atoms with Gasteiger partial charge in [-0.05, 0) is 6.08 Å². The summed E-state index contributed by atoms with van der Waals surface area (Å²) < 4.78 is 0. The van der Waals surface area contributed by atoms with Crippen molar-refractivity contribution in [1.29, 1.82) is 0 Å². The lowest BCUT2D eigenvalue weighted by molar-refractivity contribution is -0.116.